The van der Waals surface area contributed by atoms with Crippen LogP contribution in [0.15, 0.2) is 73.1 Å². The molecule has 9 heteroatoms. The lowest BCUT2D eigenvalue weighted by molar-refractivity contribution is 0.845. The average Bonchev–Trinajstić information content (AvgIpc) is 3.39. The number of nitrogens with one attached hydrogen (secondary N) is 1. The SMILES string of the molecule is Cc1cc(N(C)c2nc(-c3ccccc3)cc3ncnn23)nc(NCCCc2cccc(CN)c2)n1. The molecule has 3 aromatic heterocycles. The molecule has 182 valence electrons. The summed E-state index contributed by atoms with van der Waals surface area (Å²) in [5.41, 5.74) is 11.6. The molecule has 0 unspecified atom stereocenters. The number of aryl methyl sites for hydroxylation is 2. The second-order valence-corrected chi connectivity index (χ2v) is 8.64. The highest BCUT2D eigenvalue weighted by Gasteiger charge is 2.17. The van der Waals surface area contributed by atoms with Gasteiger partial charge in [-0.2, -0.15) is 14.6 Å². The van der Waals surface area contributed by atoms with Crippen LogP contribution >= 0.6 is 0 Å². The van der Waals surface area contributed by atoms with Gasteiger partial charge in [0.05, 0.1) is 5.69 Å². The van der Waals surface area contributed by atoms with E-state index in [0.717, 1.165) is 47.7 Å². The van der Waals surface area contributed by atoms with Crippen LogP contribution in [0.2, 0.25) is 0 Å². The summed E-state index contributed by atoms with van der Waals surface area (Å²) in [5, 5.41) is 7.75. The van der Waals surface area contributed by atoms with Gasteiger partial charge < -0.3 is 11.1 Å². The molecular formula is C27H29N9. The number of rotatable bonds is 9. The van der Waals surface area contributed by atoms with Crippen LogP contribution in [0.4, 0.5) is 17.7 Å². The largest absolute Gasteiger partial charge is 0.354 e. The first-order chi connectivity index (χ1) is 17.6. The van der Waals surface area contributed by atoms with Gasteiger partial charge in [0, 0.05) is 43.5 Å². The van der Waals surface area contributed by atoms with Crippen molar-refractivity contribution in [1.82, 2.24) is 29.5 Å². The van der Waals surface area contributed by atoms with Gasteiger partial charge in [-0.05, 0) is 30.9 Å². The summed E-state index contributed by atoms with van der Waals surface area (Å²) in [6.45, 7) is 3.28. The first kappa shape index (κ1) is 23.4. The lowest BCUT2D eigenvalue weighted by Crippen LogP contribution is -2.19. The zero-order chi connectivity index (χ0) is 24.9. The van der Waals surface area contributed by atoms with E-state index in [4.69, 9.17) is 15.7 Å². The molecule has 0 radical (unpaired) electrons. The Bertz CT molecular complexity index is 1460. The number of hydrogen-bond acceptors (Lipinski definition) is 8. The summed E-state index contributed by atoms with van der Waals surface area (Å²) in [6.07, 6.45) is 3.45. The molecule has 0 aliphatic heterocycles. The molecule has 0 fully saturated rings. The Kier molecular flexibility index (Phi) is 6.81. The van der Waals surface area contributed by atoms with Gasteiger partial charge in [-0.25, -0.2) is 15.0 Å². The molecule has 5 aromatic rings. The fourth-order valence-electron chi connectivity index (χ4n) is 4.10. The van der Waals surface area contributed by atoms with Crippen LogP contribution in [0.3, 0.4) is 0 Å². The summed E-state index contributed by atoms with van der Waals surface area (Å²) in [5.74, 6) is 1.92. The maximum Gasteiger partial charge on any atom is 0.234 e. The van der Waals surface area contributed by atoms with Crippen LogP contribution in [0.25, 0.3) is 16.9 Å². The van der Waals surface area contributed by atoms with Crippen molar-refractivity contribution in [3.63, 3.8) is 0 Å². The van der Waals surface area contributed by atoms with Gasteiger partial charge in [-0.15, -0.1) is 0 Å². The van der Waals surface area contributed by atoms with Crippen LogP contribution in [-0.4, -0.2) is 43.1 Å². The summed E-state index contributed by atoms with van der Waals surface area (Å²) >= 11 is 0. The van der Waals surface area contributed by atoms with Crippen molar-refractivity contribution < 1.29 is 0 Å². The normalized spacial score (nSPS) is 11.1. The van der Waals surface area contributed by atoms with Crippen LogP contribution in [0.1, 0.15) is 23.2 Å². The molecule has 36 heavy (non-hydrogen) atoms. The molecule has 0 aliphatic rings. The van der Waals surface area contributed by atoms with E-state index in [1.165, 1.54) is 11.9 Å². The number of benzene rings is 2. The van der Waals surface area contributed by atoms with E-state index in [0.29, 0.717) is 24.1 Å². The number of nitrogens with two attached hydrogens (primary N) is 1. The van der Waals surface area contributed by atoms with E-state index >= 15 is 0 Å². The highest BCUT2D eigenvalue weighted by Crippen LogP contribution is 2.26. The second kappa shape index (κ2) is 10.5. The van der Waals surface area contributed by atoms with Crippen molar-refractivity contribution in [3.8, 4) is 11.3 Å². The molecule has 0 atom stereocenters. The Labute approximate surface area is 210 Å². The molecule has 0 aliphatic carbocycles. The molecule has 0 bridgehead atoms. The lowest BCUT2D eigenvalue weighted by Gasteiger charge is -2.19. The minimum Gasteiger partial charge on any atom is -0.354 e. The van der Waals surface area contributed by atoms with Crippen LogP contribution in [0.5, 0.6) is 0 Å². The number of nitrogens with zero attached hydrogens (tertiary/aromatic N) is 7. The summed E-state index contributed by atoms with van der Waals surface area (Å²) in [7, 11) is 1.92. The van der Waals surface area contributed by atoms with Crippen molar-refractivity contribution in [2.75, 3.05) is 23.8 Å². The Balaban J connectivity index is 1.35. The van der Waals surface area contributed by atoms with Crippen LogP contribution in [0, 0.1) is 6.92 Å². The van der Waals surface area contributed by atoms with Crippen molar-refractivity contribution in [2.24, 2.45) is 5.73 Å². The summed E-state index contributed by atoms with van der Waals surface area (Å²) < 4.78 is 1.71. The topological polar surface area (TPSA) is 110 Å². The molecule has 0 spiro atoms. The minimum atomic E-state index is 0.559. The number of hydrogen-bond donors (Lipinski definition) is 2. The molecule has 0 saturated carbocycles. The van der Waals surface area contributed by atoms with Crippen molar-refractivity contribution in [2.45, 2.75) is 26.3 Å². The maximum absolute atomic E-state index is 5.76. The van der Waals surface area contributed by atoms with Gasteiger partial charge >= 0.3 is 0 Å². The molecule has 3 heterocycles. The van der Waals surface area contributed by atoms with Gasteiger partial charge in [-0.1, -0.05) is 54.6 Å². The Morgan fingerprint density at radius 3 is 2.61 bits per heavy atom. The number of aromatic nitrogens is 6. The van der Waals surface area contributed by atoms with Crippen molar-refractivity contribution in [3.05, 3.63) is 89.9 Å². The monoisotopic (exact) mass is 479 g/mol. The third-order valence-electron chi connectivity index (χ3n) is 5.96. The Morgan fingerprint density at radius 2 is 1.78 bits per heavy atom. The zero-order valence-electron chi connectivity index (χ0n) is 20.5. The number of fused-ring (bicyclic) bond motifs is 1. The van der Waals surface area contributed by atoms with E-state index in [9.17, 15) is 0 Å². The zero-order valence-corrected chi connectivity index (χ0v) is 20.5. The van der Waals surface area contributed by atoms with Gasteiger partial charge in [0.15, 0.2) is 5.65 Å². The predicted octanol–water partition coefficient (Wildman–Crippen LogP) is 4.16. The molecular weight excluding hydrogens is 450 g/mol. The van der Waals surface area contributed by atoms with Crippen LogP contribution < -0.4 is 16.0 Å². The van der Waals surface area contributed by atoms with E-state index < -0.39 is 0 Å². The molecule has 0 saturated heterocycles. The standard InChI is InChI=1S/C27H29N9/c1-19-14-25(34-26(32-19)29-13-7-10-20-8-6-9-21(15-20)17-28)35(2)27-33-23(22-11-4-3-5-12-22)16-24-30-18-31-36(24)27/h3-6,8-9,11-12,14-16,18H,7,10,13,17,28H2,1-2H3,(H,29,32,34). The van der Waals surface area contributed by atoms with Gasteiger partial charge in [0.1, 0.15) is 12.1 Å². The van der Waals surface area contributed by atoms with E-state index in [1.807, 2.05) is 61.3 Å². The Morgan fingerprint density at radius 1 is 0.944 bits per heavy atom. The lowest BCUT2D eigenvalue weighted by atomic mass is 10.1. The first-order valence-electron chi connectivity index (χ1n) is 12.0. The fraction of sp³-hybridized carbons (Fsp3) is 0.222. The van der Waals surface area contributed by atoms with Crippen molar-refractivity contribution >= 4 is 23.4 Å². The minimum absolute atomic E-state index is 0.559. The maximum atomic E-state index is 5.76. The molecule has 2 aromatic carbocycles. The van der Waals surface area contributed by atoms with E-state index in [-0.39, 0.29) is 0 Å². The summed E-state index contributed by atoms with van der Waals surface area (Å²) in [4.78, 5) is 20.5. The molecule has 5 rings (SSSR count). The highest BCUT2D eigenvalue weighted by molar-refractivity contribution is 5.67. The highest BCUT2D eigenvalue weighted by atomic mass is 15.4. The van der Waals surface area contributed by atoms with Gasteiger partial charge in [0.25, 0.3) is 0 Å². The van der Waals surface area contributed by atoms with Crippen LogP contribution in [-0.2, 0) is 13.0 Å². The third-order valence-corrected chi connectivity index (χ3v) is 5.96. The molecule has 9 nitrogen and oxygen atoms in total. The fourth-order valence-corrected chi connectivity index (χ4v) is 4.10. The second-order valence-electron chi connectivity index (χ2n) is 8.64. The molecule has 3 N–H and O–H groups in total. The quantitative estimate of drug-likeness (QED) is 0.303. The third kappa shape index (κ3) is 5.16. The van der Waals surface area contributed by atoms with Gasteiger partial charge in [0.2, 0.25) is 11.9 Å². The Hall–Kier alpha value is -4.37. The van der Waals surface area contributed by atoms with E-state index in [1.54, 1.807) is 4.52 Å². The van der Waals surface area contributed by atoms with Gasteiger partial charge in [-0.3, -0.25) is 4.90 Å². The predicted molar refractivity (Wildman–Crippen MR) is 142 cm³/mol. The summed E-state index contributed by atoms with van der Waals surface area (Å²) in [6, 6.07) is 22.3. The number of anilines is 3. The average molecular weight is 480 g/mol. The molecule has 0 amide bonds. The van der Waals surface area contributed by atoms with Crippen molar-refractivity contribution in [1.29, 1.82) is 0 Å². The van der Waals surface area contributed by atoms with E-state index in [2.05, 4.69) is 44.6 Å². The smallest absolute Gasteiger partial charge is 0.234 e. The first-order valence-corrected chi connectivity index (χ1v) is 12.0.